The first-order valence-electron chi connectivity index (χ1n) is 4.97. The van der Waals surface area contributed by atoms with E-state index in [1.54, 1.807) is 6.92 Å². The number of carboxylic acid groups (broad SMARTS) is 1. The van der Waals surface area contributed by atoms with E-state index in [9.17, 15) is 9.59 Å². The highest BCUT2D eigenvalue weighted by atomic mass is 32.1. The molecule has 5 heteroatoms. The predicted octanol–water partition coefficient (Wildman–Crippen LogP) is 0.963. The molecule has 4 nitrogen and oxygen atoms in total. The van der Waals surface area contributed by atoms with E-state index in [4.69, 9.17) is 5.11 Å². The number of aliphatic carboxylic acids is 1. The van der Waals surface area contributed by atoms with Gasteiger partial charge in [-0.1, -0.05) is 6.92 Å². The lowest BCUT2D eigenvalue weighted by atomic mass is 9.97. The molecule has 0 saturated carbocycles. The first kappa shape index (κ1) is 14.5. The molecule has 0 aliphatic carbocycles. The van der Waals surface area contributed by atoms with E-state index in [-0.39, 0.29) is 17.7 Å². The Balaban J connectivity index is 4.23. The zero-order valence-electron chi connectivity index (χ0n) is 9.36. The highest BCUT2D eigenvalue weighted by Crippen LogP contribution is 2.11. The SMILES string of the molecule is CC(=O)CC(C)C(CS)N[C@@H](C)C(=O)O. The first-order chi connectivity index (χ1) is 6.88. The topological polar surface area (TPSA) is 66.4 Å². The van der Waals surface area contributed by atoms with Crippen molar-refractivity contribution in [1.29, 1.82) is 0 Å². The van der Waals surface area contributed by atoms with E-state index in [2.05, 4.69) is 17.9 Å². The van der Waals surface area contributed by atoms with Crippen LogP contribution in [0.3, 0.4) is 0 Å². The lowest BCUT2D eigenvalue weighted by Gasteiger charge is -2.24. The van der Waals surface area contributed by atoms with Gasteiger partial charge in [-0.05, 0) is 19.8 Å². The van der Waals surface area contributed by atoms with E-state index in [1.165, 1.54) is 6.92 Å². The van der Waals surface area contributed by atoms with Crippen LogP contribution in [-0.2, 0) is 9.59 Å². The molecule has 0 aliphatic rings. The third kappa shape index (κ3) is 5.79. The van der Waals surface area contributed by atoms with Crippen molar-refractivity contribution in [1.82, 2.24) is 5.32 Å². The molecule has 0 rings (SSSR count). The summed E-state index contributed by atoms with van der Waals surface area (Å²) in [4.78, 5) is 21.6. The lowest BCUT2D eigenvalue weighted by molar-refractivity contribution is -0.139. The molecule has 0 bridgehead atoms. The third-order valence-corrected chi connectivity index (χ3v) is 2.72. The van der Waals surface area contributed by atoms with Crippen molar-refractivity contribution in [3.05, 3.63) is 0 Å². The molecule has 88 valence electrons. The van der Waals surface area contributed by atoms with Crippen LogP contribution in [0.4, 0.5) is 0 Å². The Bertz CT molecular complexity index is 233. The van der Waals surface area contributed by atoms with E-state index < -0.39 is 12.0 Å². The highest BCUT2D eigenvalue weighted by Gasteiger charge is 2.21. The van der Waals surface area contributed by atoms with Crippen LogP contribution in [0.2, 0.25) is 0 Å². The number of Topliss-reactive ketones (excluding diaryl/α,β-unsaturated/α-hetero) is 1. The fourth-order valence-corrected chi connectivity index (χ4v) is 1.85. The zero-order valence-corrected chi connectivity index (χ0v) is 10.3. The maximum Gasteiger partial charge on any atom is 0.320 e. The van der Waals surface area contributed by atoms with Gasteiger partial charge in [-0.2, -0.15) is 12.6 Å². The zero-order chi connectivity index (χ0) is 12.0. The maximum absolute atomic E-state index is 10.9. The second-order valence-electron chi connectivity index (χ2n) is 3.90. The predicted molar refractivity (Wildman–Crippen MR) is 62.3 cm³/mol. The Kier molecular flexibility index (Phi) is 6.60. The van der Waals surface area contributed by atoms with Crippen molar-refractivity contribution in [2.75, 3.05) is 5.75 Å². The summed E-state index contributed by atoms with van der Waals surface area (Å²) in [6.45, 7) is 5.04. The number of carboxylic acids is 1. The molecule has 0 heterocycles. The molecule has 0 radical (unpaired) electrons. The van der Waals surface area contributed by atoms with E-state index in [1.807, 2.05) is 6.92 Å². The highest BCUT2D eigenvalue weighted by molar-refractivity contribution is 7.80. The van der Waals surface area contributed by atoms with Crippen molar-refractivity contribution >= 4 is 24.4 Å². The Morgan fingerprint density at radius 1 is 1.40 bits per heavy atom. The van der Waals surface area contributed by atoms with Gasteiger partial charge in [0, 0.05) is 18.2 Å². The summed E-state index contributed by atoms with van der Waals surface area (Å²) in [5.41, 5.74) is 0. The largest absolute Gasteiger partial charge is 0.480 e. The van der Waals surface area contributed by atoms with E-state index in [0.29, 0.717) is 12.2 Å². The smallest absolute Gasteiger partial charge is 0.320 e. The van der Waals surface area contributed by atoms with Crippen molar-refractivity contribution in [2.45, 2.75) is 39.3 Å². The Labute approximate surface area is 95.8 Å². The molecule has 0 aliphatic heterocycles. The molecule has 2 unspecified atom stereocenters. The van der Waals surface area contributed by atoms with E-state index in [0.717, 1.165) is 0 Å². The summed E-state index contributed by atoms with van der Waals surface area (Å²) in [5, 5.41) is 11.7. The molecule has 0 aromatic carbocycles. The summed E-state index contributed by atoms with van der Waals surface area (Å²) in [6.07, 6.45) is 0.449. The molecule has 0 fully saturated rings. The van der Waals surface area contributed by atoms with Gasteiger partial charge in [0.2, 0.25) is 0 Å². The number of hydrogen-bond donors (Lipinski definition) is 3. The Morgan fingerprint density at radius 3 is 2.27 bits per heavy atom. The van der Waals surface area contributed by atoms with Gasteiger partial charge in [0.15, 0.2) is 0 Å². The molecule has 2 N–H and O–H groups in total. The van der Waals surface area contributed by atoms with Gasteiger partial charge in [-0.25, -0.2) is 0 Å². The normalized spacial score (nSPS) is 16.8. The maximum atomic E-state index is 10.9. The summed E-state index contributed by atoms with van der Waals surface area (Å²) in [7, 11) is 0. The molecule has 0 aromatic rings. The third-order valence-electron chi connectivity index (χ3n) is 2.33. The van der Waals surface area contributed by atoms with Crippen LogP contribution in [0.1, 0.15) is 27.2 Å². The Morgan fingerprint density at radius 2 is 1.93 bits per heavy atom. The number of ketones is 1. The number of thiol groups is 1. The number of hydrogen-bond acceptors (Lipinski definition) is 4. The number of carbonyl (C=O) groups excluding carboxylic acids is 1. The van der Waals surface area contributed by atoms with Gasteiger partial charge in [0.1, 0.15) is 11.8 Å². The Hall–Kier alpha value is -0.550. The van der Waals surface area contributed by atoms with Gasteiger partial charge in [-0.3, -0.25) is 4.79 Å². The van der Waals surface area contributed by atoms with Gasteiger partial charge in [-0.15, -0.1) is 0 Å². The number of carbonyl (C=O) groups is 2. The summed E-state index contributed by atoms with van der Waals surface area (Å²) in [5.74, 6) is -0.163. The molecule has 0 aromatic heterocycles. The molecular weight excluding hydrogens is 214 g/mol. The minimum absolute atomic E-state index is 0.0525. The van der Waals surface area contributed by atoms with Crippen LogP contribution in [0.5, 0.6) is 0 Å². The van der Waals surface area contributed by atoms with Gasteiger partial charge < -0.3 is 15.2 Å². The molecule has 0 spiro atoms. The molecule has 0 saturated heterocycles. The molecule has 3 atom stereocenters. The van der Waals surface area contributed by atoms with Crippen LogP contribution in [0, 0.1) is 5.92 Å². The summed E-state index contributed by atoms with van der Waals surface area (Å²) >= 11 is 4.15. The van der Waals surface area contributed by atoms with Crippen LogP contribution < -0.4 is 5.32 Å². The molecular formula is C10H19NO3S. The number of rotatable bonds is 7. The monoisotopic (exact) mass is 233 g/mol. The minimum Gasteiger partial charge on any atom is -0.480 e. The van der Waals surface area contributed by atoms with Crippen LogP contribution in [0.25, 0.3) is 0 Å². The van der Waals surface area contributed by atoms with Crippen molar-refractivity contribution in [3.63, 3.8) is 0 Å². The van der Waals surface area contributed by atoms with Gasteiger partial charge >= 0.3 is 5.97 Å². The minimum atomic E-state index is -0.892. The lowest BCUT2D eigenvalue weighted by Crippen LogP contribution is -2.46. The fraction of sp³-hybridized carbons (Fsp3) is 0.800. The standard InChI is InChI=1S/C10H19NO3S/c1-6(4-7(2)12)9(5-15)11-8(3)10(13)14/h6,8-9,11,15H,4-5H2,1-3H3,(H,13,14)/t6?,8-,9?/m0/s1. The van der Waals surface area contributed by atoms with Crippen LogP contribution in [0.15, 0.2) is 0 Å². The van der Waals surface area contributed by atoms with Gasteiger partial charge in [0.25, 0.3) is 0 Å². The van der Waals surface area contributed by atoms with E-state index >= 15 is 0 Å². The summed E-state index contributed by atoms with van der Waals surface area (Å²) in [6, 6.07) is -0.667. The average molecular weight is 233 g/mol. The number of nitrogens with one attached hydrogen (secondary N) is 1. The first-order valence-corrected chi connectivity index (χ1v) is 5.60. The second kappa shape index (κ2) is 6.85. The summed E-state index contributed by atoms with van der Waals surface area (Å²) < 4.78 is 0. The fourth-order valence-electron chi connectivity index (χ4n) is 1.38. The molecule has 15 heavy (non-hydrogen) atoms. The van der Waals surface area contributed by atoms with Crippen molar-refractivity contribution in [2.24, 2.45) is 5.92 Å². The van der Waals surface area contributed by atoms with Crippen LogP contribution >= 0.6 is 12.6 Å². The quantitative estimate of drug-likeness (QED) is 0.573. The average Bonchev–Trinajstić information content (AvgIpc) is 2.11. The van der Waals surface area contributed by atoms with Crippen LogP contribution in [-0.4, -0.2) is 34.7 Å². The van der Waals surface area contributed by atoms with Crippen molar-refractivity contribution in [3.8, 4) is 0 Å². The van der Waals surface area contributed by atoms with Gasteiger partial charge in [0.05, 0.1) is 0 Å². The molecule has 0 amide bonds. The van der Waals surface area contributed by atoms with Crippen molar-refractivity contribution < 1.29 is 14.7 Å². The second-order valence-corrected chi connectivity index (χ2v) is 4.26.